The number of carboxylic acids is 1. The second-order valence-corrected chi connectivity index (χ2v) is 5.90. The largest absolute Gasteiger partial charge is 0.480 e. The van der Waals surface area contributed by atoms with Gasteiger partial charge < -0.3 is 15.7 Å². The van der Waals surface area contributed by atoms with Crippen LogP contribution in [-0.4, -0.2) is 28.9 Å². The summed E-state index contributed by atoms with van der Waals surface area (Å²) in [7, 11) is 0. The maximum Gasteiger partial charge on any atom is 0.325 e. The molecule has 0 aliphatic carbocycles. The third-order valence-electron chi connectivity index (χ3n) is 3.43. The standard InChI is InChI=1S/C19H17ClN2O4/c1-12(19(25)26)21-18(24)16(11-13-7-9-15(20)10-8-13)22-17(23)14-5-3-2-4-6-14/h2-12H,1H3,(H,21,24)(H,22,23)(H,25,26)/b16-11-. The molecule has 0 fully saturated rings. The summed E-state index contributed by atoms with van der Waals surface area (Å²) in [4.78, 5) is 35.7. The molecule has 0 bridgehead atoms. The molecule has 3 N–H and O–H groups in total. The lowest BCUT2D eigenvalue weighted by Crippen LogP contribution is -2.42. The molecule has 2 aromatic carbocycles. The first-order valence-corrected chi connectivity index (χ1v) is 8.12. The van der Waals surface area contributed by atoms with E-state index in [1.165, 1.54) is 13.0 Å². The minimum absolute atomic E-state index is 0.0747. The van der Waals surface area contributed by atoms with Crippen LogP contribution in [0, 0.1) is 0 Å². The van der Waals surface area contributed by atoms with Crippen LogP contribution in [0.5, 0.6) is 0 Å². The first-order valence-electron chi connectivity index (χ1n) is 7.74. The van der Waals surface area contributed by atoms with Crippen molar-refractivity contribution in [3.8, 4) is 0 Å². The van der Waals surface area contributed by atoms with Gasteiger partial charge in [-0.2, -0.15) is 0 Å². The van der Waals surface area contributed by atoms with Crippen LogP contribution in [0.2, 0.25) is 5.02 Å². The van der Waals surface area contributed by atoms with Gasteiger partial charge in [-0.15, -0.1) is 0 Å². The molecule has 0 radical (unpaired) electrons. The number of hydrogen-bond acceptors (Lipinski definition) is 3. The summed E-state index contributed by atoms with van der Waals surface area (Å²) in [5, 5.41) is 14.3. The fourth-order valence-corrected chi connectivity index (χ4v) is 2.13. The van der Waals surface area contributed by atoms with Crippen LogP contribution in [0.3, 0.4) is 0 Å². The van der Waals surface area contributed by atoms with Gasteiger partial charge in [0.05, 0.1) is 0 Å². The van der Waals surface area contributed by atoms with Gasteiger partial charge in [0.1, 0.15) is 11.7 Å². The van der Waals surface area contributed by atoms with Gasteiger partial charge in [-0.3, -0.25) is 14.4 Å². The number of carbonyl (C=O) groups excluding carboxylic acids is 2. The number of nitrogens with one attached hydrogen (secondary N) is 2. The third kappa shape index (κ3) is 5.46. The lowest BCUT2D eigenvalue weighted by molar-refractivity contribution is -0.140. The van der Waals surface area contributed by atoms with Gasteiger partial charge in [0.15, 0.2) is 0 Å². The molecular formula is C19H17ClN2O4. The molecule has 2 amide bonds. The number of aliphatic carboxylic acids is 1. The molecule has 1 atom stereocenters. The van der Waals surface area contributed by atoms with E-state index in [1.54, 1.807) is 54.6 Å². The van der Waals surface area contributed by atoms with E-state index in [1.807, 2.05) is 0 Å². The molecular weight excluding hydrogens is 356 g/mol. The number of halogens is 1. The lowest BCUT2D eigenvalue weighted by Gasteiger charge is -2.13. The zero-order chi connectivity index (χ0) is 19.1. The summed E-state index contributed by atoms with van der Waals surface area (Å²) in [5.74, 6) is -2.37. The van der Waals surface area contributed by atoms with E-state index in [-0.39, 0.29) is 5.70 Å². The Labute approximate surface area is 155 Å². The highest BCUT2D eigenvalue weighted by Gasteiger charge is 2.19. The lowest BCUT2D eigenvalue weighted by atomic mass is 10.1. The Morgan fingerprint density at radius 1 is 1.04 bits per heavy atom. The number of amides is 2. The molecule has 26 heavy (non-hydrogen) atoms. The van der Waals surface area contributed by atoms with Crippen LogP contribution in [0.15, 0.2) is 60.3 Å². The Morgan fingerprint density at radius 3 is 2.23 bits per heavy atom. The van der Waals surface area contributed by atoms with Crippen LogP contribution >= 0.6 is 11.6 Å². The van der Waals surface area contributed by atoms with Gasteiger partial charge in [0, 0.05) is 10.6 Å². The van der Waals surface area contributed by atoms with E-state index in [9.17, 15) is 14.4 Å². The summed E-state index contributed by atoms with van der Waals surface area (Å²) in [6.45, 7) is 1.33. The van der Waals surface area contributed by atoms with Crippen molar-refractivity contribution in [2.24, 2.45) is 0 Å². The Morgan fingerprint density at radius 2 is 1.65 bits per heavy atom. The molecule has 2 rings (SSSR count). The minimum atomic E-state index is -1.18. The predicted octanol–water partition coefficient (Wildman–Crippen LogP) is 2.70. The summed E-state index contributed by atoms with van der Waals surface area (Å²) < 4.78 is 0. The van der Waals surface area contributed by atoms with E-state index in [0.717, 1.165) is 0 Å². The highest BCUT2D eigenvalue weighted by atomic mass is 35.5. The van der Waals surface area contributed by atoms with E-state index in [4.69, 9.17) is 16.7 Å². The molecule has 7 heteroatoms. The number of hydrogen-bond donors (Lipinski definition) is 3. The van der Waals surface area contributed by atoms with Crippen LogP contribution in [0.1, 0.15) is 22.8 Å². The molecule has 1 unspecified atom stereocenters. The number of rotatable bonds is 6. The highest BCUT2D eigenvalue weighted by molar-refractivity contribution is 6.30. The van der Waals surface area contributed by atoms with Crippen LogP contribution in [-0.2, 0) is 9.59 Å². The summed E-state index contributed by atoms with van der Waals surface area (Å²) >= 11 is 5.84. The van der Waals surface area contributed by atoms with Crippen molar-refractivity contribution in [3.05, 3.63) is 76.4 Å². The van der Waals surface area contributed by atoms with Gasteiger partial charge in [-0.1, -0.05) is 41.9 Å². The fraction of sp³-hybridized carbons (Fsp3) is 0.105. The number of carboxylic acid groups (broad SMARTS) is 1. The first kappa shape index (κ1) is 19.2. The third-order valence-corrected chi connectivity index (χ3v) is 3.68. The molecule has 0 saturated carbocycles. The predicted molar refractivity (Wildman–Crippen MR) is 98.6 cm³/mol. The topological polar surface area (TPSA) is 95.5 Å². The SMILES string of the molecule is CC(NC(=O)/C(=C/c1ccc(Cl)cc1)NC(=O)c1ccccc1)C(=O)O. The van der Waals surface area contributed by atoms with Gasteiger partial charge in [-0.05, 0) is 42.8 Å². The molecule has 0 aliphatic rings. The zero-order valence-corrected chi connectivity index (χ0v) is 14.7. The van der Waals surface area contributed by atoms with Crippen molar-refractivity contribution in [1.82, 2.24) is 10.6 Å². The van der Waals surface area contributed by atoms with E-state index in [0.29, 0.717) is 16.1 Å². The van der Waals surface area contributed by atoms with Gasteiger partial charge in [0.25, 0.3) is 11.8 Å². The molecule has 134 valence electrons. The molecule has 0 heterocycles. The maximum absolute atomic E-state index is 12.4. The number of benzene rings is 2. The Bertz CT molecular complexity index is 832. The van der Waals surface area contributed by atoms with Crippen molar-refractivity contribution in [2.75, 3.05) is 0 Å². The second-order valence-electron chi connectivity index (χ2n) is 5.46. The summed E-state index contributed by atoms with van der Waals surface area (Å²) in [5.41, 5.74) is 0.916. The quantitative estimate of drug-likeness (QED) is 0.679. The van der Waals surface area contributed by atoms with Gasteiger partial charge in [-0.25, -0.2) is 0 Å². The van der Waals surface area contributed by atoms with Crippen molar-refractivity contribution >= 4 is 35.5 Å². The molecule has 2 aromatic rings. The van der Waals surface area contributed by atoms with Crippen molar-refractivity contribution in [3.63, 3.8) is 0 Å². The van der Waals surface area contributed by atoms with Crippen LogP contribution in [0.4, 0.5) is 0 Å². The Hall–Kier alpha value is -3.12. The fourth-order valence-electron chi connectivity index (χ4n) is 2.00. The smallest absolute Gasteiger partial charge is 0.325 e. The Kier molecular flexibility index (Phi) is 6.52. The van der Waals surface area contributed by atoms with Crippen LogP contribution < -0.4 is 10.6 Å². The first-order chi connectivity index (χ1) is 12.4. The maximum atomic E-state index is 12.4. The second kappa shape index (κ2) is 8.82. The van der Waals surface area contributed by atoms with Crippen molar-refractivity contribution in [1.29, 1.82) is 0 Å². The van der Waals surface area contributed by atoms with Crippen LogP contribution in [0.25, 0.3) is 6.08 Å². The minimum Gasteiger partial charge on any atom is -0.480 e. The number of carbonyl (C=O) groups is 3. The normalized spacial score (nSPS) is 12.2. The van der Waals surface area contributed by atoms with E-state index in [2.05, 4.69) is 10.6 Å². The van der Waals surface area contributed by atoms with E-state index < -0.39 is 23.8 Å². The van der Waals surface area contributed by atoms with Gasteiger partial charge in [0.2, 0.25) is 0 Å². The van der Waals surface area contributed by atoms with Crippen molar-refractivity contribution in [2.45, 2.75) is 13.0 Å². The average molecular weight is 373 g/mol. The van der Waals surface area contributed by atoms with E-state index >= 15 is 0 Å². The summed E-state index contributed by atoms with van der Waals surface area (Å²) in [6.07, 6.45) is 1.45. The molecule has 0 aromatic heterocycles. The highest BCUT2D eigenvalue weighted by Crippen LogP contribution is 2.12. The molecule has 0 spiro atoms. The van der Waals surface area contributed by atoms with Gasteiger partial charge >= 0.3 is 5.97 Å². The summed E-state index contributed by atoms with van der Waals surface area (Å²) in [6, 6.07) is 13.9. The zero-order valence-electron chi connectivity index (χ0n) is 13.9. The van der Waals surface area contributed by atoms with Crippen molar-refractivity contribution < 1.29 is 19.5 Å². The molecule has 0 saturated heterocycles. The Balaban J connectivity index is 2.28. The molecule has 0 aliphatic heterocycles. The monoisotopic (exact) mass is 372 g/mol. The average Bonchev–Trinajstić information content (AvgIpc) is 2.63. The molecule has 6 nitrogen and oxygen atoms in total.